The summed E-state index contributed by atoms with van der Waals surface area (Å²) < 4.78 is 0. The van der Waals surface area contributed by atoms with Crippen molar-refractivity contribution >= 4 is 18.5 Å². The quantitative estimate of drug-likeness (QED) is 0.594. The maximum atomic E-state index is 11.1. The fraction of sp³-hybridized carbons (Fsp3) is 0.857. The maximum absolute atomic E-state index is 11.1. The first-order valence-corrected chi connectivity index (χ1v) is 4.36. The molecule has 3 heteroatoms. The van der Waals surface area contributed by atoms with E-state index in [9.17, 15) is 4.79 Å². The van der Waals surface area contributed by atoms with Crippen LogP contribution < -0.4 is 0 Å². The second-order valence-electron chi connectivity index (χ2n) is 2.56. The molecule has 10 heavy (non-hydrogen) atoms. The van der Waals surface area contributed by atoms with Gasteiger partial charge in [-0.25, -0.2) is 0 Å². The number of hydrogen-bond donors (Lipinski definition) is 1. The summed E-state index contributed by atoms with van der Waals surface area (Å²) in [6, 6.07) is 0. The highest BCUT2D eigenvalue weighted by Crippen LogP contribution is 2.08. The van der Waals surface area contributed by atoms with Crippen molar-refractivity contribution in [1.29, 1.82) is 0 Å². The number of carbonyl (C=O) groups excluding carboxylic acids is 1. The average Bonchev–Trinajstić information content (AvgIpc) is 2.38. The predicted molar refractivity (Wildman–Crippen MR) is 44.3 cm³/mol. The largest absolute Gasteiger partial charge is 0.343 e. The Morgan fingerprint density at radius 2 is 2.00 bits per heavy atom. The van der Waals surface area contributed by atoms with Crippen molar-refractivity contribution in [1.82, 2.24) is 4.90 Å². The molecule has 0 atom stereocenters. The standard InChI is InChI=1S/C7H13NOS/c9-7(3-6-10)8-4-1-2-5-8/h10H,1-6H2. The zero-order chi connectivity index (χ0) is 7.40. The van der Waals surface area contributed by atoms with Gasteiger partial charge in [-0.2, -0.15) is 12.6 Å². The number of rotatable bonds is 2. The molecule has 1 amide bonds. The number of likely N-dealkylation sites (tertiary alicyclic amines) is 1. The molecule has 0 N–H and O–H groups in total. The van der Waals surface area contributed by atoms with Gasteiger partial charge in [-0.05, 0) is 18.6 Å². The lowest BCUT2D eigenvalue weighted by Crippen LogP contribution is -2.27. The topological polar surface area (TPSA) is 20.3 Å². The van der Waals surface area contributed by atoms with Crippen LogP contribution in [0.3, 0.4) is 0 Å². The van der Waals surface area contributed by atoms with Crippen LogP contribution in [0.4, 0.5) is 0 Å². The molecule has 1 aliphatic heterocycles. The third-order valence-electron chi connectivity index (χ3n) is 1.78. The molecule has 1 heterocycles. The fourth-order valence-electron chi connectivity index (χ4n) is 1.22. The summed E-state index contributed by atoms with van der Waals surface area (Å²) >= 11 is 4.01. The van der Waals surface area contributed by atoms with Gasteiger partial charge in [0.25, 0.3) is 0 Å². The van der Waals surface area contributed by atoms with Gasteiger partial charge in [0.15, 0.2) is 0 Å². The van der Waals surface area contributed by atoms with Crippen molar-refractivity contribution in [3.63, 3.8) is 0 Å². The minimum absolute atomic E-state index is 0.271. The van der Waals surface area contributed by atoms with Gasteiger partial charge >= 0.3 is 0 Å². The fourth-order valence-corrected chi connectivity index (χ4v) is 1.41. The Morgan fingerprint density at radius 3 is 2.50 bits per heavy atom. The maximum Gasteiger partial charge on any atom is 0.223 e. The van der Waals surface area contributed by atoms with Gasteiger partial charge in [-0.3, -0.25) is 4.79 Å². The van der Waals surface area contributed by atoms with Crippen LogP contribution in [0.5, 0.6) is 0 Å². The second kappa shape index (κ2) is 3.86. The molecule has 1 fully saturated rings. The van der Waals surface area contributed by atoms with E-state index in [4.69, 9.17) is 0 Å². The van der Waals surface area contributed by atoms with E-state index >= 15 is 0 Å². The molecule has 2 nitrogen and oxygen atoms in total. The van der Waals surface area contributed by atoms with E-state index in [1.54, 1.807) is 0 Å². The van der Waals surface area contributed by atoms with E-state index in [2.05, 4.69) is 12.6 Å². The van der Waals surface area contributed by atoms with Gasteiger partial charge in [0.2, 0.25) is 5.91 Å². The minimum Gasteiger partial charge on any atom is -0.343 e. The van der Waals surface area contributed by atoms with E-state index in [0.717, 1.165) is 13.1 Å². The molecule has 0 aliphatic carbocycles. The Kier molecular flexibility index (Phi) is 3.06. The third-order valence-corrected chi connectivity index (χ3v) is 2.01. The molecule has 0 aromatic heterocycles. The molecule has 0 aromatic rings. The highest BCUT2D eigenvalue weighted by molar-refractivity contribution is 7.80. The lowest BCUT2D eigenvalue weighted by atomic mass is 10.4. The summed E-state index contributed by atoms with van der Waals surface area (Å²) in [5.74, 6) is 0.947. The first-order chi connectivity index (χ1) is 4.84. The highest BCUT2D eigenvalue weighted by Gasteiger charge is 2.16. The summed E-state index contributed by atoms with van der Waals surface area (Å²) in [5, 5.41) is 0. The van der Waals surface area contributed by atoms with Gasteiger partial charge in [0.05, 0.1) is 0 Å². The van der Waals surface area contributed by atoms with Crippen molar-refractivity contribution < 1.29 is 4.79 Å². The summed E-state index contributed by atoms with van der Waals surface area (Å²) in [4.78, 5) is 13.0. The summed E-state index contributed by atoms with van der Waals surface area (Å²) in [6.45, 7) is 1.93. The van der Waals surface area contributed by atoms with E-state index in [1.807, 2.05) is 4.90 Å². The van der Waals surface area contributed by atoms with Crippen LogP contribution in [-0.2, 0) is 4.79 Å². The highest BCUT2D eigenvalue weighted by atomic mass is 32.1. The number of hydrogen-bond acceptors (Lipinski definition) is 2. The molecule has 0 unspecified atom stereocenters. The third kappa shape index (κ3) is 1.90. The number of nitrogens with zero attached hydrogens (tertiary/aromatic N) is 1. The molecular formula is C7H13NOS. The Hall–Kier alpha value is -0.180. The van der Waals surface area contributed by atoms with Crippen molar-refractivity contribution in [2.45, 2.75) is 19.3 Å². The van der Waals surface area contributed by atoms with Crippen molar-refractivity contribution in [2.75, 3.05) is 18.8 Å². The van der Waals surface area contributed by atoms with E-state index in [1.165, 1.54) is 12.8 Å². The van der Waals surface area contributed by atoms with Crippen molar-refractivity contribution in [3.05, 3.63) is 0 Å². The zero-order valence-corrected chi connectivity index (χ0v) is 6.94. The normalized spacial score (nSPS) is 17.9. The lowest BCUT2D eigenvalue weighted by Gasteiger charge is -2.13. The van der Waals surface area contributed by atoms with E-state index < -0.39 is 0 Å². The van der Waals surface area contributed by atoms with Crippen LogP contribution in [0.1, 0.15) is 19.3 Å². The zero-order valence-electron chi connectivity index (χ0n) is 6.05. The second-order valence-corrected chi connectivity index (χ2v) is 3.01. The molecule has 1 rings (SSSR count). The molecule has 0 radical (unpaired) electrons. The Balaban J connectivity index is 2.25. The Labute approximate surface area is 67.0 Å². The first kappa shape index (κ1) is 7.92. The van der Waals surface area contributed by atoms with Gasteiger partial charge in [0.1, 0.15) is 0 Å². The molecule has 0 aromatic carbocycles. The SMILES string of the molecule is O=C(CCS)N1CCCC1. The van der Waals surface area contributed by atoms with E-state index in [-0.39, 0.29) is 5.91 Å². The number of carbonyl (C=O) groups is 1. The van der Waals surface area contributed by atoms with Gasteiger partial charge in [-0.15, -0.1) is 0 Å². The molecule has 1 saturated heterocycles. The van der Waals surface area contributed by atoms with Gasteiger partial charge in [-0.1, -0.05) is 0 Å². The average molecular weight is 159 g/mol. The summed E-state index contributed by atoms with van der Waals surface area (Å²) in [5.41, 5.74) is 0. The predicted octanol–water partition coefficient (Wildman–Crippen LogP) is 0.929. The molecule has 58 valence electrons. The molecule has 0 spiro atoms. The molecule has 0 saturated carbocycles. The monoisotopic (exact) mass is 159 g/mol. The summed E-state index contributed by atoms with van der Waals surface area (Å²) in [7, 11) is 0. The number of amides is 1. The van der Waals surface area contributed by atoms with Crippen LogP contribution in [-0.4, -0.2) is 29.6 Å². The van der Waals surface area contributed by atoms with Crippen LogP contribution in [0, 0.1) is 0 Å². The van der Waals surface area contributed by atoms with Crippen LogP contribution in [0.25, 0.3) is 0 Å². The molecule has 0 bridgehead atoms. The van der Waals surface area contributed by atoms with Crippen LogP contribution in [0.2, 0.25) is 0 Å². The molecular weight excluding hydrogens is 146 g/mol. The van der Waals surface area contributed by atoms with Gasteiger partial charge < -0.3 is 4.90 Å². The lowest BCUT2D eigenvalue weighted by molar-refractivity contribution is -0.129. The van der Waals surface area contributed by atoms with Crippen molar-refractivity contribution in [3.8, 4) is 0 Å². The minimum atomic E-state index is 0.271. The van der Waals surface area contributed by atoms with Crippen LogP contribution >= 0.6 is 12.6 Å². The Bertz CT molecular complexity index is 121. The summed E-state index contributed by atoms with van der Waals surface area (Å²) in [6.07, 6.45) is 2.96. The number of thiol groups is 1. The Morgan fingerprint density at radius 1 is 1.40 bits per heavy atom. The van der Waals surface area contributed by atoms with Crippen LogP contribution in [0.15, 0.2) is 0 Å². The van der Waals surface area contributed by atoms with Gasteiger partial charge in [0, 0.05) is 19.5 Å². The first-order valence-electron chi connectivity index (χ1n) is 3.73. The van der Waals surface area contributed by atoms with E-state index in [0.29, 0.717) is 12.2 Å². The van der Waals surface area contributed by atoms with Crippen molar-refractivity contribution in [2.24, 2.45) is 0 Å². The smallest absolute Gasteiger partial charge is 0.223 e. The molecule has 1 aliphatic rings.